The molecule has 1 N–H and O–H groups in total. The minimum Gasteiger partial charge on any atom is -0.497 e. The molecular formula is C17H15N5O2S. The highest BCUT2D eigenvalue weighted by atomic mass is 32.1. The van der Waals surface area contributed by atoms with Crippen molar-refractivity contribution < 1.29 is 9.53 Å². The Balaban J connectivity index is 1.61. The molecule has 0 aliphatic carbocycles. The van der Waals surface area contributed by atoms with Crippen LogP contribution in [0.1, 0.15) is 17.3 Å². The molecule has 4 rings (SSSR count). The number of aryl methyl sites for hydroxylation is 1. The molecule has 1 amide bonds. The molecule has 7 nitrogen and oxygen atoms in total. The van der Waals surface area contributed by atoms with E-state index in [1.165, 1.54) is 11.3 Å². The van der Waals surface area contributed by atoms with Gasteiger partial charge in [-0.25, -0.2) is 9.67 Å². The topological polar surface area (TPSA) is 81.9 Å². The van der Waals surface area contributed by atoms with Gasteiger partial charge in [-0.05, 0) is 43.3 Å². The fourth-order valence-corrected chi connectivity index (χ4v) is 3.49. The quantitative estimate of drug-likeness (QED) is 0.608. The summed E-state index contributed by atoms with van der Waals surface area (Å²) in [7, 11) is 1.62. The second-order valence-electron chi connectivity index (χ2n) is 5.42. The summed E-state index contributed by atoms with van der Waals surface area (Å²) in [4.78, 5) is 16.9. The number of nitrogens with zero attached hydrogens (tertiary/aromatic N) is 4. The highest BCUT2D eigenvalue weighted by Gasteiger charge is 2.13. The lowest BCUT2D eigenvalue weighted by atomic mass is 10.2. The molecule has 0 unspecified atom stereocenters. The van der Waals surface area contributed by atoms with Gasteiger partial charge >= 0.3 is 0 Å². The van der Waals surface area contributed by atoms with Crippen molar-refractivity contribution in [3.8, 4) is 5.75 Å². The number of ether oxygens (including phenoxy) is 1. The number of methoxy groups -OCH3 is 1. The van der Waals surface area contributed by atoms with Gasteiger partial charge in [0.15, 0.2) is 5.13 Å². The van der Waals surface area contributed by atoms with Gasteiger partial charge in [0, 0.05) is 12.1 Å². The predicted molar refractivity (Wildman–Crippen MR) is 97.3 cm³/mol. The number of hydrogen-bond acceptors (Lipinski definition) is 6. The van der Waals surface area contributed by atoms with Crippen LogP contribution in [0.5, 0.6) is 5.75 Å². The van der Waals surface area contributed by atoms with Gasteiger partial charge in [-0.1, -0.05) is 16.6 Å². The number of aromatic nitrogens is 4. The van der Waals surface area contributed by atoms with E-state index in [1.54, 1.807) is 23.9 Å². The summed E-state index contributed by atoms with van der Waals surface area (Å²) in [5.41, 5.74) is 2.95. The van der Waals surface area contributed by atoms with Crippen molar-refractivity contribution in [3.05, 3.63) is 42.0 Å². The second-order valence-corrected chi connectivity index (χ2v) is 6.45. The minimum absolute atomic E-state index is 0.223. The predicted octanol–water partition coefficient (Wildman–Crippen LogP) is 3.32. The number of rotatable bonds is 4. The summed E-state index contributed by atoms with van der Waals surface area (Å²) in [6.07, 6.45) is 0. The van der Waals surface area contributed by atoms with Gasteiger partial charge < -0.3 is 4.74 Å². The van der Waals surface area contributed by atoms with Crippen LogP contribution in [0.2, 0.25) is 0 Å². The Bertz CT molecular complexity index is 1090. The standard InChI is InChI=1S/C17H15N5O2S/c1-3-22-14-7-4-10(8-13(14)20-21-22)16(23)19-17-18-12-6-5-11(24-2)9-15(12)25-17/h4-9H,3H2,1-2H3,(H,18,19,23). The molecule has 2 aromatic carbocycles. The molecule has 2 heterocycles. The number of benzene rings is 2. The Morgan fingerprint density at radius 3 is 2.92 bits per heavy atom. The maximum Gasteiger partial charge on any atom is 0.257 e. The second kappa shape index (κ2) is 6.14. The Morgan fingerprint density at radius 2 is 2.12 bits per heavy atom. The van der Waals surface area contributed by atoms with E-state index >= 15 is 0 Å². The number of carbonyl (C=O) groups excluding carboxylic acids is 1. The number of carbonyl (C=O) groups is 1. The minimum atomic E-state index is -0.223. The van der Waals surface area contributed by atoms with E-state index in [0.717, 1.165) is 28.0 Å². The number of anilines is 1. The molecule has 25 heavy (non-hydrogen) atoms. The van der Waals surface area contributed by atoms with Crippen LogP contribution in [-0.4, -0.2) is 33.0 Å². The Kier molecular flexibility index (Phi) is 3.81. The maximum absolute atomic E-state index is 12.5. The Labute approximate surface area is 147 Å². The summed E-state index contributed by atoms with van der Waals surface area (Å²) in [6, 6.07) is 11.0. The van der Waals surface area contributed by atoms with E-state index in [9.17, 15) is 4.79 Å². The first kappa shape index (κ1) is 15.5. The van der Waals surface area contributed by atoms with Crippen molar-refractivity contribution >= 4 is 43.6 Å². The van der Waals surface area contributed by atoms with Crippen LogP contribution in [0.15, 0.2) is 36.4 Å². The molecule has 0 saturated heterocycles. The van der Waals surface area contributed by atoms with Crippen LogP contribution in [0.3, 0.4) is 0 Å². The van der Waals surface area contributed by atoms with Crippen molar-refractivity contribution in [2.75, 3.05) is 12.4 Å². The van der Waals surface area contributed by atoms with Gasteiger partial charge in [0.25, 0.3) is 5.91 Å². The first-order valence-corrected chi connectivity index (χ1v) is 8.59. The monoisotopic (exact) mass is 353 g/mol. The SMILES string of the molecule is CCn1nnc2cc(C(=O)Nc3nc4ccc(OC)cc4s3)ccc21. The van der Waals surface area contributed by atoms with E-state index in [1.807, 2.05) is 31.2 Å². The van der Waals surface area contributed by atoms with Gasteiger partial charge in [0.05, 0.1) is 22.8 Å². The third-order valence-electron chi connectivity index (χ3n) is 3.89. The molecule has 126 valence electrons. The molecule has 0 bridgehead atoms. The average Bonchev–Trinajstić information content (AvgIpc) is 3.23. The number of hydrogen-bond donors (Lipinski definition) is 1. The lowest BCUT2D eigenvalue weighted by Gasteiger charge is -2.02. The van der Waals surface area contributed by atoms with Crippen LogP contribution in [0.25, 0.3) is 21.3 Å². The van der Waals surface area contributed by atoms with Crippen LogP contribution in [-0.2, 0) is 6.54 Å². The van der Waals surface area contributed by atoms with Crippen LogP contribution in [0.4, 0.5) is 5.13 Å². The third-order valence-corrected chi connectivity index (χ3v) is 4.83. The van der Waals surface area contributed by atoms with Crippen LogP contribution < -0.4 is 10.1 Å². The molecule has 0 radical (unpaired) electrons. The Morgan fingerprint density at radius 1 is 1.24 bits per heavy atom. The molecule has 0 aliphatic heterocycles. The molecule has 0 spiro atoms. The fraction of sp³-hybridized carbons (Fsp3) is 0.176. The lowest BCUT2D eigenvalue weighted by molar-refractivity contribution is 0.102. The van der Waals surface area contributed by atoms with Gasteiger partial charge in [0.2, 0.25) is 0 Å². The van der Waals surface area contributed by atoms with Crippen LogP contribution in [0, 0.1) is 0 Å². The maximum atomic E-state index is 12.5. The summed E-state index contributed by atoms with van der Waals surface area (Å²) in [6.45, 7) is 2.73. The summed E-state index contributed by atoms with van der Waals surface area (Å²) >= 11 is 1.41. The largest absolute Gasteiger partial charge is 0.497 e. The van der Waals surface area contributed by atoms with Gasteiger partial charge in [-0.15, -0.1) is 5.10 Å². The van der Waals surface area contributed by atoms with Crippen molar-refractivity contribution in [1.29, 1.82) is 0 Å². The summed E-state index contributed by atoms with van der Waals surface area (Å²) < 4.78 is 7.96. The van der Waals surface area contributed by atoms with E-state index < -0.39 is 0 Å². The zero-order valence-electron chi connectivity index (χ0n) is 13.7. The normalized spacial score (nSPS) is 11.1. The molecule has 0 atom stereocenters. The number of nitrogens with one attached hydrogen (secondary N) is 1. The van der Waals surface area contributed by atoms with Crippen molar-refractivity contribution in [3.63, 3.8) is 0 Å². The van der Waals surface area contributed by atoms with E-state index in [0.29, 0.717) is 16.2 Å². The van der Waals surface area contributed by atoms with E-state index in [2.05, 4.69) is 20.6 Å². The number of fused-ring (bicyclic) bond motifs is 2. The summed E-state index contributed by atoms with van der Waals surface area (Å²) in [5, 5.41) is 11.5. The molecule has 4 aromatic rings. The molecule has 0 fully saturated rings. The van der Waals surface area contributed by atoms with E-state index in [-0.39, 0.29) is 5.91 Å². The van der Waals surface area contributed by atoms with Gasteiger partial charge in [-0.2, -0.15) is 0 Å². The lowest BCUT2D eigenvalue weighted by Crippen LogP contribution is -2.11. The third kappa shape index (κ3) is 2.80. The molecular weight excluding hydrogens is 338 g/mol. The zero-order chi connectivity index (χ0) is 17.4. The van der Waals surface area contributed by atoms with Crippen molar-refractivity contribution in [2.24, 2.45) is 0 Å². The zero-order valence-corrected chi connectivity index (χ0v) is 14.5. The molecule has 0 aliphatic rings. The molecule has 0 saturated carbocycles. The Hall–Kier alpha value is -3.00. The van der Waals surface area contributed by atoms with Crippen molar-refractivity contribution in [1.82, 2.24) is 20.0 Å². The highest BCUT2D eigenvalue weighted by Crippen LogP contribution is 2.29. The summed E-state index contributed by atoms with van der Waals surface area (Å²) in [5.74, 6) is 0.539. The first-order valence-electron chi connectivity index (χ1n) is 7.77. The first-order chi connectivity index (χ1) is 12.2. The fourth-order valence-electron chi connectivity index (χ4n) is 2.60. The number of thiazole rings is 1. The average molecular weight is 353 g/mol. The molecule has 8 heteroatoms. The van der Waals surface area contributed by atoms with E-state index in [4.69, 9.17) is 4.74 Å². The van der Waals surface area contributed by atoms with Crippen molar-refractivity contribution in [2.45, 2.75) is 13.5 Å². The van der Waals surface area contributed by atoms with Gasteiger partial charge in [0.1, 0.15) is 11.3 Å². The highest BCUT2D eigenvalue weighted by molar-refractivity contribution is 7.22. The smallest absolute Gasteiger partial charge is 0.257 e. The van der Waals surface area contributed by atoms with Gasteiger partial charge in [-0.3, -0.25) is 10.1 Å². The number of amides is 1. The molecule has 2 aromatic heterocycles. The van der Waals surface area contributed by atoms with Crippen LogP contribution >= 0.6 is 11.3 Å².